The first-order valence-corrected chi connectivity index (χ1v) is 8.00. The zero-order valence-electron chi connectivity index (χ0n) is 13.8. The van der Waals surface area contributed by atoms with Gasteiger partial charge in [0.1, 0.15) is 5.78 Å². The van der Waals surface area contributed by atoms with Crippen LogP contribution in [0.2, 0.25) is 0 Å². The van der Waals surface area contributed by atoms with Gasteiger partial charge >= 0.3 is 0 Å². The molecule has 0 bridgehead atoms. The summed E-state index contributed by atoms with van der Waals surface area (Å²) in [4.78, 5) is 11.7. The Balaban J connectivity index is 2.70. The van der Waals surface area contributed by atoms with E-state index in [-0.39, 0.29) is 0 Å². The molecule has 0 aliphatic rings. The van der Waals surface area contributed by atoms with E-state index in [1.807, 2.05) is 32.9 Å². The van der Waals surface area contributed by atoms with E-state index in [4.69, 9.17) is 9.47 Å². The molecular weight excluding hydrogens is 264 g/mol. The molecule has 1 unspecified atom stereocenters. The summed E-state index contributed by atoms with van der Waals surface area (Å²) in [5.41, 5.74) is 1.19. The first-order valence-electron chi connectivity index (χ1n) is 8.00. The number of ketones is 1. The van der Waals surface area contributed by atoms with E-state index in [9.17, 15) is 4.79 Å². The average Bonchev–Trinajstić information content (AvgIpc) is 2.42. The fraction of sp³-hybridized carbons (Fsp3) is 0.611. The molecule has 3 heteroatoms. The highest BCUT2D eigenvalue weighted by molar-refractivity contribution is 5.78. The standard InChI is InChI=1S/C18H28O3/c1-5-8-16(19)12-14(4)11-15-9-10-17(20-6-2)18(13-15)21-7-3/h9-10,13-14H,5-8,11-12H2,1-4H3. The number of ether oxygens (including phenoxy) is 2. The van der Waals surface area contributed by atoms with Crippen LogP contribution in [0.4, 0.5) is 0 Å². The lowest BCUT2D eigenvalue weighted by Gasteiger charge is -2.14. The van der Waals surface area contributed by atoms with Gasteiger partial charge in [-0.2, -0.15) is 0 Å². The van der Waals surface area contributed by atoms with Crippen LogP contribution in [0, 0.1) is 5.92 Å². The Labute approximate surface area is 128 Å². The predicted molar refractivity (Wildman–Crippen MR) is 86.2 cm³/mol. The number of benzene rings is 1. The van der Waals surface area contributed by atoms with Crippen LogP contribution in [0.5, 0.6) is 11.5 Å². The summed E-state index contributed by atoms with van der Waals surface area (Å²) in [6.07, 6.45) is 3.17. The lowest BCUT2D eigenvalue weighted by molar-refractivity contribution is -0.119. The van der Waals surface area contributed by atoms with Crippen molar-refractivity contribution in [1.82, 2.24) is 0 Å². The molecule has 0 amide bonds. The minimum absolute atomic E-state index is 0.358. The van der Waals surface area contributed by atoms with Crippen molar-refractivity contribution in [1.29, 1.82) is 0 Å². The van der Waals surface area contributed by atoms with Gasteiger partial charge in [0, 0.05) is 12.8 Å². The van der Waals surface area contributed by atoms with Gasteiger partial charge in [-0.1, -0.05) is 19.9 Å². The van der Waals surface area contributed by atoms with Gasteiger partial charge in [0.2, 0.25) is 0 Å². The Kier molecular flexibility index (Phi) is 7.88. The van der Waals surface area contributed by atoms with Crippen molar-refractivity contribution in [2.45, 2.75) is 53.4 Å². The number of carbonyl (C=O) groups is 1. The zero-order chi connectivity index (χ0) is 15.7. The van der Waals surface area contributed by atoms with Crippen molar-refractivity contribution in [3.63, 3.8) is 0 Å². The number of Topliss-reactive ketones (excluding diaryl/α,β-unsaturated/α-hetero) is 1. The molecular formula is C18H28O3. The summed E-state index contributed by atoms with van der Waals surface area (Å²) in [6.45, 7) is 9.35. The molecule has 0 fully saturated rings. The molecule has 0 heterocycles. The van der Waals surface area contributed by atoms with Crippen LogP contribution in [0.15, 0.2) is 18.2 Å². The van der Waals surface area contributed by atoms with Crippen LogP contribution in [0.3, 0.4) is 0 Å². The van der Waals surface area contributed by atoms with Crippen molar-refractivity contribution < 1.29 is 14.3 Å². The quantitative estimate of drug-likeness (QED) is 0.640. The van der Waals surface area contributed by atoms with Gasteiger partial charge in [-0.15, -0.1) is 0 Å². The Morgan fingerprint density at radius 1 is 1.10 bits per heavy atom. The second kappa shape index (κ2) is 9.43. The van der Waals surface area contributed by atoms with Crippen LogP contribution < -0.4 is 9.47 Å². The Bertz CT molecular complexity index is 440. The summed E-state index contributed by atoms with van der Waals surface area (Å²) in [7, 11) is 0. The lowest BCUT2D eigenvalue weighted by atomic mass is 9.94. The van der Waals surface area contributed by atoms with Gasteiger partial charge < -0.3 is 9.47 Å². The second-order valence-corrected chi connectivity index (χ2v) is 5.45. The SMILES string of the molecule is CCCC(=O)CC(C)Cc1ccc(OCC)c(OCC)c1. The molecule has 118 valence electrons. The van der Waals surface area contributed by atoms with Gasteiger partial charge in [0.15, 0.2) is 11.5 Å². The predicted octanol–water partition coefficient (Wildman–Crippen LogP) is 4.42. The van der Waals surface area contributed by atoms with E-state index in [1.165, 1.54) is 5.56 Å². The van der Waals surface area contributed by atoms with E-state index in [0.717, 1.165) is 24.3 Å². The lowest BCUT2D eigenvalue weighted by Crippen LogP contribution is -2.08. The number of hydrogen-bond acceptors (Lipinski definition) is 3. The minimum atomic E-state index is 0.358. The first-order chi connectivity index (χ1) is 10.1. The van der Waals surface area contributed by atoms with E-state index in [2.05, 4.69) is 13.0 Å². The molecule has 0 saturated heterocycles. The Morgan fingerprint density at radius 3 is 2.38 bits per heavy atom. The molecule has 1 atom stereocenters. The third-order valence-electron chi connectivity index (χ3n) is 3.30. The highest BCUT2D eigenvalue weighted by atomic mass is 16.5. The van der Waals surface area contributed by atoms with Gasteiger partial charge in [-0.25, -0.2) is 0 Å². The number of carbonyl (C=O) groups excluding carboxylic acids is 1. The smallest absolute Gasteiger partial charge is 0.161 e. The van der Waals surface area contributed by atoms with Crippen LogP contribution in [-0.2, 0) is 11.2 Å². The normalized spacial score (nSPS) is 12.0. The Morgan fingerprint density at radius 2 is 1.76 bits per heavy atom. The Hall–Kier alpha value is -1.51. The molecule has 0 saturated carbocycles. The fourth-order valence-corrected chi connectivity index (χ4v) is 2.47. The van der Waals surface area contributed by atoms with Crippen LogP contribution >= 0.6 is 0 Å². The summed E-state index contributed by atoms with van der Waals surface area (Å²) < 4.78 is 11.2. The topological polar surface area (TPSA) is 35.5 Å². The van der Waals surface area contributed by atoms with Crippen LogP contribution in [0.1, 0.15) is 52.5 Å². The van der Waals surface area contributed by atoms with Gasteiger partial charge in [0.05, 0.1) is 13.2 Å². The highest BCUT2D eigenvalue weighted by Gasteiger charge is 2.12. The summed E-state index contributed by atoms with van der Waals surface area (Å²) in [5, 5.41) is 0. The third kappa shape index (κ3) is 6.19. The third-order valence-corrected chi connectivity index (χ3v) is 3.30. The molecule has 1 rings (SSSR count). The van der Waals surface area contributed by atoms with Crippen LogP contribution in [0.25, 0.3) is 0 Å². The number of hydrogen-bond donors (Lipinski definition) is 0. The van der Waals surface area contributed by atoms with Crippen molar-refractivity contribution in [3.8, 4) is 11.5 Å². The van der Waals surface area contributed by atoms with Crippen LogP contribution in [-0.4, -0.2) is 19.0 Å². The molecule has 0 N–H and O–H groups in total. The maximum atomic E-state index is 11.7. The molecule has 0 radical (unpaired) electrons. The van der Waals surface area contributed by atoms with E-state index in [1.54, 1.807) is 0 Å². The van der Waals surface area contributed by atoms with Gasteiger partial charge in [-0.3, -0.25) is 4.79 Å². The first kappa shape index (κ1) is 17.5. The van der Waals surface area contributed by atoms with Crippen molar-refractivity contribution >= 4 is 5.78 Å². The summed E-state index contributed by atoms with van der Waals surface area (Å²) in [5.74, 6) is 2.30. The second-order valence-electron chi connectivity index (χ2n) is 5.45. The fourth-order valence-electron chi connectivity index (χ4n) is 2.47. The van der Waals surface area contributed by atoms with Crippen molar-refractivity contribution in [2.24, 2.45) is 5.92 Å². The van der Waals surface area contributed by atoms with Gasteiger partial charge in [-0.05, 0) is 50.3 Å². The molecule has 1 aromatic carbocycles. The highest BCUT2D eigenvalue weighted by Crippen LogP contribution is 2.29. The monoisotopic (exact) mass is 292 g/mol. The molecule has 3 nitrogen and oxygen atoms in total. The molecule has 0 aliphatic carbocycles. The largest absolute Gasteiger partial charge is 0.490 e. The molecule has 1 aromatic rings. The average molecular weight is 292 g/mol. The molecule has 0 spiro atoms. The molecule has 21 heavy (non-hydrogen) atoms. The maximum absolute atomic E-state index is 11.7. The summed E-state index contributed by atoms with van der Waals surface area (Å²) in [6, 6.07) is 6.06. The zero-order valence-corrected chi connectivity index (χ0v) is 13.8. The van der Waals surface area contributed by atoms with Crippen molar-refractivity contribution in [3.05, 3.63) is 23.8 Å². The summed E-state index contributed by atoms with van der Waals surface area (Å²) >= 11 is 0. The number of rotatable bonds is 10. The molecule has 0 aromatic heterocycles. The molecule has 0 aliphatic heterocycles. The van der Waals surface area contributed by atoms with E-state index in [0.29, 0.717) is 37.8 Å². The van der Waals surface area contributed by atoms with Crippen molar-refractivity contribution in [2.75, 3.05) is 13.2 Å². The minimum Gasteiger partial charge on any atom is -0.490 e. The van der Waals surface area contributed by atoms with Gasteiger partial charge in [0.25, 0.3) is 0 Å². The van der Waals surface area contributed by atoms with E-state index < -0.39 is 0 Å². The maximum Gasteiger partial charge on any atom is 0.161 e. The van der Waals surface area contributed by atoms with E-state index >= 15 is 0 Å².